The topological polar surface area (TPSA) is 98.5 Å². The van der Waals surface area contributed by atoms with E-state index in [2.05, 4.69) is 15.3 Å². The Balaban J connectivity index is 1.82. The van der Waals surface area contributed by atoms with Gasteiger partial charge in [0.25, 0.3) is 0 Å². The summed E-state index contributed by atoms with van der Waals surface area (Å²) in [5, 5.41) is 31.6. The number of hydrogen-bond acceptors (Lipinski definition) is 6. The van der Waals surface area contributed by atoms with Crippen molar-refractivity contribution < 1.29 is 15.3 Å². The van der Waals surface area contributed by atoms with E-state index in [4.69, 9.17) is 0 Å². The van der Waals surface area contributed by atoms with E-state index < -0.39 is 5.75 Å². The van der Waals surface area contributed by atoms with Gasteiger partial charge in [-0.25, -0.2) is 0 Å². The molecule has 3 rings (SSSR count). The quantitative estimate of drug-likeness (QED) is 0.551. The Morgan fingerprint density at radius 3 is 2.43 bits per heavy atom. The molecule has 2 aromatic carbocycles. The molecule has 106 valence electrons. The molecular weight excluding hydrogens is 270 g/mol. The first-order valence-electron chi connectivity index (χ1n) is 6.32. The highest BCUT2D eigenvalue weighted by Crippen LogP contribution is 2.37. The Bertz CT molecular complexity index is 805. The predicted octanol–water partition coefficient (Wildman–Crippen LogP) is 2.36. The average Bonchev–Trinajstić information content (AvgIpc) is 2.52. The lowest BCUT2D eigenvalue weighted by Crippen LogP contribution is -2.00. The number of aromatic hydroxyl groups is 3. The Morgan fingerprint density at radius 1 is 0.857 bits per heavy atom. The molecule has 1 heterocycles. The fourth-order valence-corrected chi connectivity index (χ4v) is 2.02. The second kappa shape index (κ2) is 5.16. The van der Waals surface area contributed by atoms with Gasteiger partial charge in [0.05, 0.1) is 11.0 Å². The molecule has 0 amide bonds. The number of nitrogens with one attached hydrogen (secondary N) is 1. The van der Waals surface area contributed by atoms with Gasteiger partial charge in [0.15, 0.2) is 11.5 Å². The molecule has 0 radical (unpaired) electrons. The lowest BCUT2D eigenvalue weighted by Gasteiger charge is -2.10. The van der Waals surface area contributed by atoms with Gasteiger partial charge in [-0.05, 0) is 30.3 Å². The number of nitrogens with zero attached hydrogens (tertiary/aromatic N) is 2. The Labute approximate surface area is 120 Å². The van der Waals surface area contributed by atoms with E-state index in [0.29, 0.717) is 12.1 Å². The van der Waals surface area contributed by atoms with Gasteiger partial charge in [-0.15, -0.1) is 0 Å². The molecule has 0 saturated carbocycles. The third-order valence-electron chi connectivity index (χ3n) is 3.17. The highest BCUT2D eigenvalue weighted by Gasteiger charge is 2.10. The maximum Gasteiger partial charge on any atom is 0.200 e. The second-order valence-electron chi connectivity index (χ2n) is 4.55. The molecule has 0 atom stereocenters. The number of benzene rings is 2. The summed E-state index contributed by atoms with van der Waals surface area (Å²) in [5.41, 5.74) is 2.85. The summed E-state index contributed by atoms with van der Waals surface area (Å²) in [6.45, 7) is 0.297. The maximum absolute atomic E-state index is 9.76. The third kappa shape index (κ3) is 2.51. The minimum Gasteiger partial charge on any atom is -0.504 e. The predicted molar refractivity (Wildman–Crippen MR) is 78.3 cm³/mol. The van der Waals surface area contributed by atoms with Crippen LogP contribution in [0.1, 0.15) is 5.56 Å². The van der Waals surface area contributed by atoms with E-state index in [0.717, 1.165) is 16.7 Å². The number of rotatable bonds is 3. The van der Waals surface area contributed by atoms with Crippen molar-refractivity contribution in [3.63, 3.8) is 0 Å². The molecule has 21 heavy (non-hydrogen) atoms. The van der Waals surface area contributed by atoms with Crippen molar-refractivity contribution in [2.24, 2.45) is 0 Å². The number of phenols is 3. The lowest BCUT2D eigenvalue weighted by atomic mass is 10.1. The second-order valence-corrected chi connectivity index (χ2v) is 4.55. The molecule has 0 spiro atoms. The fourth-order valence-electron chi connectivity index (χ4n) is 2.02. The van der Waals surface area contributed by atoms with E-state index >= 15 is 0 Å². The summed E-state index contributed by atoms with van der Waals surface area (Å²) in [6, 6.07) is 8.42. The number of phenolic OH excluding ortho intramolecular Hbond substituents is 3. The molecule has 3 aromatic rings. The van der Waals surface area contributed by atoms with Gasteiger partial charge in [0.1, 0.15) is 0 Å². The monoisotopic (exact) mass is 283 g/mol. The molecule has 0 aliphatic heterocycles. The van der Waals surface area contributed by atoms with Gasteiger partial charge in [0, 0.05) is 30.2 Å². The lowest BCUT2D eigenvalue weighted by molar-refractivity contribution is 0.365. The molecule has 0 bridgehead atoms. The third-order valence-corrected chi connectivity index (χ3v) is 3.17. The first-order chi connectivity index (χ1) is 10.1. The zero-order valence-corrected chi connectivity index (χ0v) is 11.0. The molecule has 0 aliphatic rings. The molecular formula is C15H13N3O3. The van der Waals surface area contributed by atoms with Gasteiger partial charge in [-0.2, -0.15) is 0 Å². The van der Waals surface area contributed by atoms with Crippen LogP contribution in [-0.4, -0.2) is 25.3 Å². The number of anilines is 1. The zero-order valence-electron chi connectivity index (χ0n) is 11.0. The van der Waals surface area contributed by atoms with Crippen molar-refractivity contribution in [3.05, 3.63) is 48.3 Å². The fraction of sp³-hybridized carbons (Fsp3) is 0.0667. The van der Waals surface area contributed by atoms with Crippen LogP contribution >= 0.6 is 0 Å². The Kier molecular flexibility index (Phi) is 3.19. The molecule has 6 nitrogen and oxygen atoms in total. The van der Waals surface area contributed by atoms with Crippen LogP contribution in [0.2, 0.25) is 0 Å². The van der Waals surface area contributed by atoms with Crippen LogP contribution in [0.5, 0.6) is 17.2 Å². The van der Waals surface area contributed by atoms with Gasteiger partial charge in [-0.1, -0.05) is 0 Å². The Morgan fingerprint density at radius 2 is 1.62 bits per heavy atom. The van der Waals surface area contributed by atoms with Crippen LogP contribution < -0.4 is 5.32 Å². The van der Waals surface area contributed by atoms with Crippen molar-refractivity contribution in [1.29, 1.82) is 0 Å². The summed E-state index contributed by atoms with van der Waals surface area (Å²) in [5.74, 6) is -1.20. The van der Waals surface area contributed by atoms with E-state index in [1.54, 1.807) is 12.4 Å². The minimum atomic E-state index is -0.515. The normalized spacial score (nSPS) is 10.7. The van der Waals surface area contributed by atoms with E-state index in [9.17, 15) is 15.3 Å². The summed E-state index contributed by atoms with van der Waals surface area (Å²) in [7, 11) is 0. The van der Waals surface area contributed by atoms with Gasteiger partial charge in [-0.3, -0.25) is 9.97 Å². The van der Waals surface area contributed by atoms with Crippen molar-refractivity contribution in [2.75, 3.05) is 5.32 Å². The molecule has 1 aromatic heterocycles. The molecule has 0 saturated heterocycles. The van der Waals surface area contributed by atoms with Gasteiger partial charge in [0.2, 0.25) is 5.75 Å². The van der Waals surface area contributed by atoms with Crippen LogP contribution in [0.15, 0.2) is 42.7 Å². The molecule has 0 aliphatic carbocycles. The van der Waals surface area contributed by atoms with Crippen molar-refractivity contribution in [2.45, 2.75) is 6.54 Å². The summed E-state index contributed by atoms with van der Waals surface area (Å²) in [6.07, 6.45) is 3.25. The number of fused-ring (bicyclic) bond motifs is 1. The minimum absolute atomic E-state index is 0.297. The summed E-state index contributed by atoms with van der Waals surface area (Å²) < 4.78 is 0. The largest absolute Gasteiger partial charge is 0.504 e. The SMILES string of the molecule is Oc1ccc(CNc2ccc3nccnc3c2)c(O)c1O. The van der Waals surface area contributed by atoms with Crippen LogP contribution in [0.4, 0.5) is 5.69 Å². The van der Waals surface area contributed by atoms with E-state index in [1.165, 1.54) is 12.1 Å². The highest BCUT2D eigenvalue weighted by molar-refractivity contribution is 5.78. The number of hydrogen-bond donors (Lipinski definition) is 4. The summed E-state index contributed by atoms with van der Waals surface area (Å²) in [4.78, 5) is 8.40. The van der Waals surface area contributed by atoms with Gasteiger partial charge >= 0.3 is 0 Å². The van der Waals surface area contributed by atoms with Crippen molar-refractivity contribution in [3.8, 4) is 17.2 Å². The first-order valence-corrected chi connectivity index (χ1v) is 6.32. The smallest absolute Gasteiger partial charge is 0.200 e. The molecule has 0 fully saturated rings. The molecule has 0 unspecified atom stereocenters. The molecule has 4 N–H and O–H groups in total. The average molecular weight is 283 g/mol. The van der Waals surface area contributed by atoms with Crippen LogP contribution in [0.25, 0.3) is 11.0 Å². The van der Waals surface area contributed by atoms with Crippen molar-refractivity contribution >= 4 is 16.7 Å². The van der Waals surface area contributed by atoms with E-state index in [1.807, 2.05) is 18.2 Å². The molecule has 6 heteroatoms. The standard InChI is InChI=1S/C15H13N3O3/c19-13-4-1-9(14(20)15(13)21)8-18-10-2-3-11-12(7-10)17-6-5-16-11/h1-7,18-21H,8H2. The van der Waals surface area contributed by atoms with Crippen LogP contribution in [-0.2, 0) is 6.54 Å². The zero-order chi connectivity index (χ0) is 14.8. The van der Waals surface area contributed by atoms with Crippen LogP contribution in [0, 0.1) is 0 Å². The first kappa shape index (κ1) is 13.0. The summed E-state index contributed by atoms with van der Waals surface area (Å²) >= 11 is 0. The maximum atomic E-state index is 9.76. The van der Waals surface area contributed by atoms with Crippen LogP contribution in [0.3, 0.4) is 0 Å². The van der Waals surface area contributed by atoms with E-state index in [-0.39, 0.29) is 11.5 Å². The Hall–Kier alpha value is -3.02. The highest BCUT2D eigenvalue weighted by atomic mass is 16.3. The van der Waals surface area contributed by atoms with Crippen molar-refractivity contribution in [1.82, 2.24) is 9.97 Å². The number of aromatic nitrogens is 2. The van der Waals surface area contributed by atoms with Gasteiger partial charge < -0.3 is 20.6 Å².